The van der Waals surface area contributed by atoms with Crippen LogP contribution in [0.2, 0.25) is 0 Å². The van der Waals surface area contributed by atoms with Crippen LogP contribution in [0.5, 0.6) is 0 Å². The van der Waals surface area contributed by atoms with Gasteiger partial charge in [0.1, 0.15) is 0 Å². The maximum atomic E-state index is 11.0. The Morgan fingerprint density at radius 3 is 2.53 bits per heavy atom. The Bertz CT molecular complexity index is 302. The molecule has 0 saturated heterocycles. The molecule has 0 spiro atoms. The third kappa shape index (κ3) is 8.26. The summed E-state index contributed by atoms with van der Waals surface area (Å²) in [6.45, 7) is 12.0. The van der Waals surface area contributed by atoms with Crippen molar-refractivity contribution in [3.63, 3.8) is 0 Å². The van der Waals surface area contributed by atoms with Crippen LogP contribution in [0.4, 0.5) is 0 Å². The molecule has 0 aliphatic rings. The summed E-state index contributed by atoms with van der Waals surface area (Å²) in [6, 6.07) is 0. The van der Waals surface area contributed by atoms with Crippen LogP contribution in [-0.4, -0.2) is 24.3 Å². The van der Waals surface area contributed by atoms with Crippen molar-refractivity contribution in [2.24, 2.45) is 0 Å². The van der Waals surface area contributed by atoms with Gasteiger partial charge in [0, 0.05) is 25.7 Å². The number of hydrogen-bond donors (Lipinski definition) is 0. The summed E-state index contributed by atoms with van der Waals surface area (Å²) in [5.74, 6) is 0.136. The van der Waals surface area contributed by atoms with Crippen LogP contribution in [0.3, 0.4) is 0 Å². The number of carbonyl (C=O) groups excluding carboxylic acids is 1. The van der Waals surface area contributed by atoms with Crippen LogP contribution in [0.15, 0.2) is 49.7 Å². The second-order valence-electron chi connectivity index (χ2n) is 3.99. The summed E-state index contributed by atoms with van der Waals surface area (Å²) >= 11 is 0. The highest BCUT2D eigenvalue weighted by molar-refractivity contribution is 5.88. The van der Waals surface area contributed by atoms with Gasteiger partial charge in [-0.15, -0.1) is 0 Å². The van der Waals surface area contributed by atoms with E-state index in [4.69, 9.17) is 0 Å². The molecule has 2 nitrogen and oxygen atoms in total. The van der Waals surface area contributed by atoms with E-state index in [1.54, 1.807) is 6.08 Å². The van der Waals surface area contributed by atoms with Crippen molar-refractivity contribution in [1.29, 1.82) is 0 Å². The molecule has 0 aromatic rings. The molecular formula is C15H23NO. The monoisotopic (exact) mass is 233 g/mol. The van der Waals surface area contributed by atoms with E-state index in [0.29, 0.717) is 6.42 Å². The minimum absolute atomic E-state index is 0.136. The molecule has 0 aromatic carbocycles. The third-order valence-electron chi connectivity index (χ3n) is 2.56. The van der Waals surface area contributed by atoms with E-state index in [1.807, 2.05) is 19.2 Å². The molecule has 0 bridgehead atoms. The molecule has 0 heterocycles. The van der Waals surface area contributed by atoms with E-state index >= 15 is 0 Å². The molecule has 0 unspecified atom stereocenters. The summed E-state index contributed by atoms with van der Waals surface area (Å²) < 4.78 is 0. The molecule has 2 heteroatoms. The van der Waals surface area contributed by atoms with E-state index in [2.05, 4.69) is 24.6 Å². The van der Waals surface area contributed by atoms with Gasteiger partial charge in [0.25, 0.3) is 0 Å². The summed E-state index contributed by atoms with van der Waals surface area (Å²) in [4.78, 5) is 13.1. The lowest BCUT2D eigenvalue weighted by Crippen LogP contribution is -2.17. The Morgan fingerprint density at radius 1 is 1.24 bits per heavy atom. The normalized spacial score (nSPS) is 10.2. The quantitative estimate of drug-likeness (QED) is 0.327. The van der Waals surface area contributed by atoms with Crippen molar-refractivity contribution in [1.82, 2.24) is 4.90 Å². The number of ketones is 1. The van der Waals surface area contributed by atoms with Gasteiger partial charge in [-0.1, -0.05) is 38.3 Å². The first-order chi connectivity index (χ1) is 8.11. The minimum Gasteiger partial charge on any atom is -0.375 e. The lowest BCUT2D eigenvalue weighted by Gasteiger charge is -2.18. The molecule has 94 valence electrons. The van der Waals surface area contributed by atoms with E-state index < -0.39 is 0 Å². The summed E-state index contributed by atoms with van der Waals surface area (Å²) in [6.07, 6.45) is 10.6. The van der Waals surface area contributed by atoms with Crippen molar-refractivity contribution in [2.45, 2.75) is 25.7 Å². The van der Waals surface area contributed by atoms with Gasteiger partial charge in [-0.3, -0.25) is 4.79 Å². The Hall–Kier alpha value is -1.57. The van der Waals surface area contributed by atoms with Gasteiger partial charge in [-0.25, -0.2) is 0 Å². The molecule has 0 aromatic heterocycles. The Balaban J connectivity index is 3.63. The molecule has 0 aliphatic carbocycles. The fourth-order valence-electron chi connectivity index (χ4n) is 1.38. The van der Waals surface area contributed by atoms with Gasteiger partial charge in [0.05, 0.1) is 0 Å². The number of allylic oxidation sites excluding steroid dienone is 4. The standard InChI is InChI=1S/C15H23NO/c1-5-7-11-14(3)16(4)13-10-8-9-12-15(17)6-2/h5-7,11H,1-3,8-10,12-13H2,4H3/b11-7-. The fourth-order valence-corrected chi connectivity index (χ4v) is 1.38. The molecular weight excluding hydrogens is 210 g/mol. The lowest BCUT2D eigenvalue weighted by molar-refractivity contribution is -0.114. The van der Waals surface area contributed by atoms with Gasteiger partial charge in [-0.2, -0.15) is 0 Å². The molecule has 17 heavy (non-hydrogen) atoms. The highest BCUT2D eigenvalue weighted by Gasteiger charge is 1.99. The van der Waals surface area contributed by atoms with E-state index in [9.17, 15) is 4.79 Å². The fraction of sp³-hybridized carbons (Fsp3) is 0.400. The maximum Gasteiger partial charge on any atom is 0.155 e. The number of carbonyl (C=O) groups is 1. The Morgan fingerprint density at radius 2 is 1.94 bits per heavy atom. The number of hydrogen-bond acceptors (Lipinski definition) is 2. The molecule has 0 N–H and O–H groups in total. The SMILES string of the molecule is C=C/C=C\C(=C)N(C)CCCCCC(=O)C=C. The predicted molar refractivity (Wildman–Crippen MR) is 74.8 cm³/mol. The summed E-state index contributed by atoms with van der Waals surface area (Å²) in [7, 11) is 2.02. The van der Waals surface area contributed by atoms with Gasteiger partial charge in [-0.05, 0) is 25.0 Å². The molecule has 0 atom stereocenters. The number of rotatable bonds is 10. The molecule has 0 saturated carbocycles. The first-order valence-corrected chi connectivity index (χ1v) is 5.96. The van der Waals surface area contributed by atoms with Crippen LogP contribution >= 0.6 is 0 Å². The van der Waals surface area contributed by atoms with Gasteiger partial charge >= 0.3 is 0 Å². The predicted octanol–water partition coefficient (Wildman–Crippen LogP) is 3.49. The number of nitrogens with zero attached hydrogens (tertiary/aromatic N) is 1. The molecule has 0 radical (unpaired) electrons. The maximum absolute atomic E-state index is 11.0. The lowest BCUT2D eigenvalue weighted by atomic mass is 10.1. The topological polar surface area (TPSA) is 20.3 Å². The van der Waals surface area contributed by atoms with Gasteiger partial charge in [0.15, 0.2) is 5.78 Å². The van der Waals surface area contributed by atoms with Crippen molar-refractivity contribution in [3.05, 3.63) is 49.7 Å². The first-order valence-electron chi connectivity index (χ1n) is 5.96. The van der Waals surface area contributed by atoms with Crippen LogP contribution in [0, 0.1) is 0 Å². The zero-order valence-corrected chi connectivity index (χ0v) is 10.8. The van der Waals surface area contributed by atoms with E-state index in [0.717, 1.165) is 31.5 Å². The summed E-state index contributed by atoms with van der Waals surface area (Å²) in [5, 5.41) is 0. The van der Waals surface area contributed by atoms with Crippen LogP contribution in [0.1, 0.15) is 25.7 Å². The van der Waals surface area contributed by atoms with Crippen LogP contribution in [-0.2, 0) is 4.79 Å². The van der Waals surface area contributed by atoms with Gasteiger partial charge < -0.3 is 4.90 Å². The molecule has 0 aliphatic heterocycles. The zero-order valence-electron chi connectivity index (χ0n) is 10.8. The number of unbranched alkanes of at least 4 members (excludes halogenated alkanes) is 2. The average Bonchev–Trinajstić information content (AvgIpc) is 2.34. The second-order valence-corrected chi connectivity index (χ2v) is 3.99. The van der Waals surface area contributed by atoms with Crippen LogP contribution < -0.4 is 0 Å². The minimum atomic E-state index is 0.136. The largest absolute Gasteiger partial charge is 0.375 e. The second kappa shape index (κ2) is 9.64. The van der Waals surface area contributed by atoms with E-state index in [1.165, 1.54) is 6.08 Å². The number of likely N-dealkylation sites (N-methyl/N-ethyl adjacent to an activating group) is 1. The van der Waals surface area contributed by atoms with Gasteiger partial charge in [0.2, 0.25) is 0 Å². The zero-order chi connectivity index (χ0) is 13.1. The highest BCUT2D eigenvalue weighted by Crippen LogP contribution is 2.06. The summed E-state index contributed by atoms with van der Waals surface area (Å²) in [5.41, 5.74) is 0.979. The average molecular weight is 233 g/mol. The Kier molecular flexibility index (Phi) is 8.75. The van der Waals surface area contributed by atoms with E-state index in [-0.39, 0.29) is 5.78 Å². The highest BCUT2D eigenvalue weighted by atomic mass is 16.1. The van der Waals surface area contributed by atoms with Crippen molar-refractivity contribution in [2.75, 3.05) is 13.6 Å². The van der Waals surface area contributed by atoms with Crippen molar-refractivity contribution in [3.8, 4) is 0 Å². The first kappa shape index (κ1) is 15.4. The smallest absolute Gasteiger partial charge is 0.155 e. The molecule has 0 fully saturated rings. The van der Waals surface area contributed by atoms with Crippen molar-refractivity contribution >= 4 is 5.78 Å². The molecule has 0 amide bonds. The van der Waals surface area contributed by atoms with Crippen molar-refractivity contribution < 1.29 is 4.79 Å². The third-order valence-corrected chi connectivity index (χ3v) is 2.56. The molecule has 0 rings (SSSR count). The Labute approximate surface area is 105 Å². The van der Waals surface area contributed by atoms with Crippen LogP contribution in [0.25, 0.3) is 0 Å².